The fraction of sp³-hybridized carbons (Fsp3) is 0.0769. The molecule has 1 aromatic carbocycles. The number of rotatable bonds is 3. The van der Waals surface area contributed by atoms with Gasteiger partial charge >= 0.3 is 0 Å². The molecule has 1 heterocycles. The summed E-state index contributed by atoms with van der Waals surface area (Å²) in [6.07, 6.45) is 1.26. The number of carbonyl (C=O) groups is 1. The van der Waals surface area contributed by atoms with Crippen molar-refractivity contribution in [2.24, 2.45) is 5.84 Å². The first-order valence-electron chi connectivity index (χ1n) is 5.81. The molecule has 0 aliphatic rings. The second kappa shape index (κ2) is 5.80. The highest BCUT2D eigenvalue weighted by Crippen LogP contribution is 2.20. The molecule has 0 spiro atoms. The van der Waals surface area contributed by atoms with Gasteiger partial charge < -0.3 is 10.7 Å². The molecule has 0 saturated carbocycles. The molecule has 0 aliphatic heterocycles. The maximum atomic E-state index is 13.1. The Morgan fingerprint density at radius 3 is 2.38 bits per heavy atom. The zero-order valence-corrected chi connectivity index (χ0v) is 10.9. The largest absolute Gasteiger partial charge is 0.323 e. The van der Waals surface area contributed by atoms with E-state index in [-0.39, 0.29) is 11.3 Å². The van der Waals surface area contributed by atoms with Crippen LogP contribution in [-0.4, -0.2) is 10.9 Å². The molecule has 4 N–H and O–H groups in total. The normalized spacial score (nSPS) is 10.3. The lowest BCUT2D eigenvalue weighted by Crippen LogP contribution is -2.18. The third-order valence-corrected chi connectivity index (χ3v) is 2.68. The summed E-state index contributed by atoms with van der Waals surface area (Å²) >= 11 is 0. The molecular formula is C13H11F3N4O. The molecule has 110 valence electrons. The summed E-state index contributed by atoms with van der Waals surface area (Å²) in [5, 5.41) is 2.24. The standard InChI is InChI=1S/C13H11F3N4O/c1-6-2-11(20-17)8(5-18-6)13(21)19-7-3-9(14)12(16)10(15)4-7/h2-5H,17H2,1H3,(H,18,20)(H,19,21). The van der Waals surface area contributed by atoms with Crippen LogP contribution in [0.25, 0.3) is 0 Å². The van der Waals surface area contributed by atoms with E-state index in [1.807, 2.05) is 0 Å². The van der Waals surface area contributed by atoms with E-state index in [1.165, 1.54) is 12.3 Å². The summed E-state index contributed by atoms with van der Waals surface area (Å²) in [7, 11) is 0. The van der Waals surface area contributed by atoms with Crippen LogP contribution in [0.5, 0.6) is 0 Å². The van der Waals surface area contributed by atoms with Crippen molar-refractivity contribution in [2.45, 2.75) is 6.92 Å². The van der Waals surface area contributed by atoms with Gasteiger partial charge in [-0.1, -0.05) is 0 Å². The fourth-order valence-electron chi connectivity index (χ4n) is 1.69. The summed E-state index contributed by atoms with van der Waals surface area (Å²) in [4.78, 5) is 16.0. The maximum absolute atomic E-state index is 13.1. The number of amides is 1. The van der Waals surface area contributed by atoms with E-state index in [4.69, 9.17) is 5.84 Å². The lowest BCUT2D eigenvalue weighted by atomic mass is 10.2. The Balaban J connectivity index is 2.30. The Morgan fingerprint density at radius 2 is 1.81 bits per heavy atom. The molecular weight excluding hydrogens is 285 g/mol. The number of nitrogen functional groups attached to an aromatic ring is 1. The zero-order valence-electron chi connectivity index (χ0n) is 10.9. The minimum atomic E-state index is -1.60. The highest BCUT2D eigenvalue weighted by molar-refractivity contribution is 6.07. The van der Waals surface area contributed by atoms with Gasteiger partial charge in [0.1, 0.15) is 0 Å². The van der Waals surface area contributed by atoms with Crippen LogP contribution in [0, 0.1) is 24.4 Å². The van der Waals surface area contributed by atoms with E-state index < -0.39 is 23.4 Å². The topological polar surface area (TPSA) is 80.0 Å². The van der Waals surface area contributed by atoms with Crippen molar-refractivity contribution in [1.29, 1.82) is 0 Å². The first-order valence-corrected chi connectivity index (χ1v) is 5.81. The number of hydrazine groups is 1. The van der Waals surface area contributed by atoms with Crippen molar-refractivity contribution >= 4 is 17.3 Å². The SMILES string of the molecule is Cc1cc(NN)c(C(=O)Nc2cc(F)c(F)c(F)c2)cn1. The lowest BCUT2D eigenvalue weighted by Gasteiger charge is -2.10. The summed E-state index contributed by atoms with van der Waals surface area (Å²) in [6.45, 7) is 1.70. The number of carbonyl (C=O) groups excluding carboxylic acids is 1. The molecule has 0 atom stereocenters. The molecule has 1 amide bonds. The Bertz CT molecular complexity index is 683. The monoisotopic (exact) mass is 296 g/mol. The van der Waals surface area contributed by atoms with Gasteiger partial charge in [0.15, 0.2) is 17.5 Å². The summed E-state index contributed by atoms with van der Waals surface area (Å²) in [5.41, 5.74) is 3.10. The third kappa shape index (κ3) is 3.11. The predicted molar refractivity (Wildman–Crippen MR) is 71.1 cm³/mol. The molecule has 0 unspecified atom stereocenters. The van der Waals surface area contributed by atoms with Gasteiger partial charge in [-0.3, -0.25) is 15.6 Å². The van der Waals surface area contributed by atoms with E-state index in [0.29, 0.717) is 23.5 Å². The van der Waals surface area contributed by atoms with Crippen LogP contribution < -0.4 is 16.6 Å². The average molecular weight is 296 g/mol. The number of hydrogen-bond acceptors (Lipinski definition) is 4. The minimum Gasteiger partial charge on any atom is -0.323 e. The highest BCUT2D eigenvalue weighted by Gasteiger charge is 2.15. The van der Waals surface area contributed by atoms with Crippen molar-refractivity contribution in [3.8, 4) is 0 Å². The number of aryl methyl sites for hydroxylation is 1. The van der Waals surface area contributed by atoms with Gasteiger partial charge in [0.25, 0.3) is 5.91 Å². The summed E-state index contributed by atoms with van der Waals surface area (Å²) in [6, 6.07) is 2.88. The van der Waals surface area contributed by atoms with E-state index in [9.17, 15) is 18.0 Å². The van der Waals surface area contributed by atoms with Crippen LogP contribution in [0.3, 0.4) is 0 Å². The van der Waals surface area contributed by atoms with Gasteiger partial charge in [-0.15, -0.1) is 0 Å². The van der Waals surface area contributed by atoms with E-state index in [2.05, 4.69) is 15.7 Å². The zero-order chi connectivity index (χ0) is 15.6. The molecule has 5 nitrogen and oxygen atoms in total. The van der Waals surface area contributed by atoms with Crippen LogP contribution in [0.1, 0.15) is 16.1 Å². The second-order valence-corrected chi connectivity index (χ2v) is 4.22. The molecule has 0 fully saturated rings. The molecule has 0 radical (unpaired) electrons. The van der Waals surface area contributed by atoms with Gasteiger partial charge in [0.2, 0.25) is 0 Å². The molecule has 21 heavy (non-hydrogen) atoms. The van der Waals surface area contributed by atoms with Crippen molar-refractivity contribution in [2.75, 3.05) is 10.7 Å². The first kappa shape index (κ1) is 14.8. The van der Waals surface area contributed by atoms with Crippen molar-refractivity contribution < 1.29 is 18.0 Å². The quantitative estimate of drug-likeness (QED) is 0.461. The fourth-order valence-corrected chi connectivity index (χ4v) is 1.69. The van der Waals surface area contributed by atoms with Crippen molar-refractivity contribution in [3.05, 3.63) is 53.1 Å². The number of anilines is 2. The first-order chi connectivity index (χ1) is 9.92. The Hall–Kier alpha value is -2.61. The number of pyridine rings is 1. The summed E-state index contributed by atoms with van der Waals surface area (Å²) < 4.78 is 39.0. The molecule has 2 rings (SSSR count). The Morgan fingerprint density at radius 1 is 1.19 bits per heavy atom. The number of nitrogens with zero attached hydrogens (tertiary/aromatic N) is 1. The van der Waals surface area contributed by atoms with Crippen LogP contribution in [-0.2, 0) is 0 Å². The van der Waals surface area contributed by atoms with Crippen LogP contribution >= 0.6 is 0 Å². The second-order valence-electron chi connectivity index (χ2n) is 4.22. The molecule has 0 aliphatic carbocycles. The number of aromatic nitrogens is 1. The van der Waals surface area contributed by atoms with Gasteiger partial charge in [0, 0.05) is 29.7 Å². The number of benzene rings is 1. The van der Waals surface area contributed by atoms with E-state index >= 15 is 0 Å². The van der Waals surface area contributed by atoms with Gasteiger partial charge in [-0.2, -0.15) is 0 Å². The van der Waals surface area contributed by atoms with Crippen LogP contribution in [0.2, 0.25) is 0 Å². The molecule has 1 aromatic heterocycles. The van der Waals surface area contributed by atoms with Gasteiger partial charge in [-0.25, -0.2) is 13.2 Å². The average Bonchev–Trinajstić information content (AvgIpc) is 2.44. The van der Waals surface area contributed by atoms with Gasteiger partial charge in [0.05, 0.1) is 11.3 Å². The molecule has 8 heteroatoms. The summed E-state index contributed by atoms with van der Waals surface area (Å²) in [5.74, 6) is 0.198. The maximum Gasteiger partial charge on any atom is 0.259 e. The third-order valence-electron chi connectivity index (χ3n) is 2.68. The highest BCUT2D eigenvalue weighted by atomic mass is 19.2. The lowest BCUT2D eigenvalue weighted by molar-refractivity contribution is 0.102. The van der Waals surface area contributed by atoms with Gasteiger partial charge in [-0.05, 0) is 13.0 Å². The number of hydrogen-bond donors (Lipinski definition) is 3. The number of nitrogens with two attached hydrogens (primary N) is 1. The Labute approximate surface area is 118 Å². The molecule has 0 bridgehead atoms. The van der Waals surface area contributed by atoms with Crippen molar-refractivity contribution in [1.82, 2.24) is 4.98 Å². The molecule has 2 aromatic rings. The Kier molecular flexibility index (Phi) is 4.08. The van der Waals surface area contributed by atoms with E-state index in [0.717, 1.165) is 0 Å². The van der Waals surface area contributed by atoms with Crippen LogP contribution in [0.4, 0.5) is 24.5 Å². The van der Waals surface area contributed by atoms with E-state index in [1.54, 1.807) is 6.92 Å². The van der Waals surface area contributed by atoms with Crippen LogP contribution in [0.15, 0.2) is 24.4 Å². The molecule has 0 saturated heterocycles. The van der Waals surface area contributed by atoms with Crippen molar-refractivity contribution in [3.63, 3.8) is 0 Å². The predicted octanol–water partition coefficient (Wildman–Crippen LogP) is 2.35. The number of nitrogens with one attached hydrogen (secondary N) is 2. The smallest absolute Gasteiger partial charge is 0.259 e. The number of halogens is 3. The minimum absolute atomic E-state index is 0.0771.